The van der Waals surface area contributed by atoms with Gasteiger partial charge in [-0.2, -0.15) is 5.26 Å². The molecular formula is C11H14N4O. The van der Waals surface area contributed by atoms with Crippen LogP contribution in [0.2, 0.25) is 0 Å². The van der Waals surface area contributed by atoms with Gasteiger partial charge in [0.25, 0.3) is 0 Å². The van der Waals surface area contributed by atoms with Crippen molar-refractivity contribution in [2.24, 2.45) is 0 Å². The molecule has 84 valence electrons. The molecule has 1 fully saturated rings. The molecule has 5 heteroatoms. The van der Waals surface area contributed by atoms with Crippen LogP contribution in [0, 0.1) is 18.3 Å². The Labute approximate surface area is 94.3 Å². The summed E-state index contributed by atoms with van der Waals surface area (Å²) in [5.41, 5.74) is 6.71. The Morgan fingerprint density at radius 3 is 2.94 bits per heavy atom. The number of nitrogen functional groups attached to an aromatic ring is 1. The van der Waals surface area contributed by atoms with Crippen LogP contribution in [0.1, 0.15) is 29.9 Å². The second kappa shape index (κ2) is 4.45. The molecular weight excluding hydrogens is 204 g/mol. The summed E-state index contributed by atoms with van der Waals surface area (Å²) in [5, 5.41) is 8.84. The van der Waals surface area contributed by atoms with E-state index in [1.807, 2.05) is 6.07 Å². The lowest BCUT2D eigenvalue weighted by Gasteiger charge is -2.09. The van der Waals surface area contributed by atoms with Crippen LogP contribution in [-0.2, 0) is 11.2 Å². The van der Waals surface area contributed by atoms with E-state index in [9.17, 15) is 0 Å². The molecule has 0 amide bonds. The van der Waals surface area contributed by atoms with Gasteiger partial charge in [-0.25, -0.2) is 9.97 Å². The number of nitrogens with zero attached hydrogens (tertiary/aromatic N) is 3. The van der Waals surface area contributed by atoms with E-state index in [0.29, 0.717) is 23.5 Å². The SMILES string of the molecule is Cc1nc(CC2CCCO2)nc(N)c1C#N. The summed E-state index contributed by atoms with van der Waals surface area (Å²) < 4.78 is 5.51. The van der Waals surface area contributed by atoms with Gasteiger partial charge in [-0.15, -0.1) is 0 Å². The number of aryl methyl sites for hydroxylation is 1. The Balaban J connectivity index is 2.19. The van der Waals surface area contributed by atoms with Crippen molar-refractivity contribution in [3.05, 3.63) is 17.1 Å². The van der Waals surface area contributed by atoms with Crippen LogP contribution in [0.5, 0.6) is 0 Å². The van der Waals surface area contributed by atoms with Crippen LogP contribution in [0.25, 0.3) is 0 Å². The van der Waals surface area contributed by atoms with Gasteiger partial charge in [0, 0.05) is 13.0 Å². The summed E-state index contributed by atoms with van der Waals surface area (Å²) in [6.45, 7) is 2.59. The first-order valence-electron chi connectivity index (χ1n) is 5.35. The number of nitrogens with two attached hydrogens (primary N) is 1. The minimum atomic E-state index is 0.201. The highest BCUT2D eigenvalue weighted by atomic mass is 16.5. The molecule has 1 aromatic heterocycles. The van der Waals surface area contributed by atoms with E-state index in [1.165, 1.54) is 0 Å². The highest BCUT2D eigenvalue weighted by Gasteiger charge is 2.18. The standard InChI is InChI=1S/C11H14N4O/c1-7-9(6-12)11(13)15-10(14-7)5-8-3-2-4-16-8/h8H,2-5H2,1H3,(H2,13,14,15). The molecule has 0 aromatic carbocycles. The van der Waals surface area contributed by atoms with Crippen molar-refractivity contribution >= 4 is 5.82 Å². The number of hydrogen-bond acceptors (Lipinski definition) is 5. The highest BCUT2D eigenvalue weighted by molar-refractivity contribution is 5.50. The molecule has 1 saturated heterocycles. The van der Waals surface area contributed by atoms with Gasteiger partial charge >= 0.3 is 0 Å². The summed E-state index contributed by atoms with van der Waals surface area (Å²) >= 11 is 0. The molecule has 1 atom stereocenters. The van der Waals surface area contributed by atoms with Gasteiger partial charge in [0.2, 0.25) is 0 Å². The van der Waals surface area contributed by atoms with Crippen molar-refractivity contribution in [2.75, 3.05) is 12.3 Å². The van der Waals surface area contributed by atoms with Crippen molar-refractivity contribution < 1.29 is 4.74 Å². The van der Waals surface area contributed by atoms with Crippen molar-refractivity contribution in [2.45, 2.75) is 32.3 Å². The molecule has 2 N–H and O–H groups in total. The van der Waals surface area contributed by atoms with Crippen molar-refractivity contribution in [1.29, 1.82) is 5.26 Å². The Kier molecular flexibility index (Phi) is 3.02. The maximum Gasteiger partial charge on any atom is 0.145 e. The molecule has 0 saturated carbocycles. The van der Waals surface area contributed by atoms with Crippen molar-refractivity contribution in [1.82, 2.24) is 9.97 Å². The normalized spacial score (nSPS) is 19.6. The predicted octanol–water partition coefficient (Wildman–Crippen LogP) is 0.960. The van der Waals surface area contributed by atoms with E-state index in [0.717, 1.165) is 19.4 Å². The van der Waals surface area contributed by atoms with Gasteiger partial charge in [-0.05, 0) is 19.8 Å². The number of ether oxygens (including phenoxy) is 1. The molecule has 16 heavy (non-hydrogen) atoms. The molecule has 0 spiro atoms. The lowest BCUT2D eigenvalue weighted by atomic mass is 10.1. The second-order valence-corrected chi connectivity index (χ2v) is 3.94. The van der Waals surface area contributed by atoms with Crippen molar-refractivity contribution in [3.8, 4) is 6.07 Å². The van der Waals surface area contributed by atoms with Gasteiger partial charge in [-0.3, -0.25) is 0 Å². The first-order valence-corrected chi connectivity index (χ1v) is 5.35. The van der Waals surface area contributed by atoms with E-state index in [2.05, 4.69) is 9.97 Å². The van der Waals surface area contributed by atoms with Crippen LogP contribution >= 0.6 is 0 Å². The van der Waals surface area contributed by atoms with Crippen LogP contribution in [0.15, 0.2) is 0 Å². The largest absolute Gasteiger partial charge is 0.382 e. The molecule has 2 rings (SSSR count). The number of nitriles is 1. The van der Waals surface area contributed by atoms with Crippen LogP contribution in [0.3, 0.4) is 0 Å². The number of rotatable bonds is 2. The fraction of sp³-hybridized carbons (Fsp3) is 0.545. The van der Waals surface area contributed by atoms with E-state index < -0.39 is 0 Å². The molecule has 5 nitrogen and oxygen atoms in total. The Morgan fingerprint density at radius 2 is 2.38 bits per heavy atom. The number of aromatic nitrogens is 2. The van der Waals surface area contributed by atoms with Gasteiger partial charge in [-0.1, -0.05) is 0 Å². The molecule has 1 aliphatic rings. The average molecular weight is 218 g/mol. The smallest absolute Gasteiger partial charge is 0.145 e. The first kappa shape index (κ1) is 10.8. The predicted molar refractivity (Wildman–Crippen MR) is 58.6 cm³/mol. The van der Waals surface area contributed by atoms with Crippen molar-refractivity contribution in [3.63, 3.8) is 0 Å². The lowest BCUT2D eigenvalue weighted by molar-refractivity contribution is 0.110. The summed E-state index contributed by atoms with van der Waals surface area (Å²) in [7, 11) is 0. The van der Waals surface area contributed by atoms with E-state index in [1.54, 1.807) is 6.92 Å². The third kappa shape index (κ3) is 2.12. The van der Waals surface area contributed by atoms with Gasteiger partial charge < -0.3 is 10.5 Å². The van der Waals surface area contributed by atoms with Gasteiger partial charge in [0.05, 0.1) is 11.8 Å². The van der Waals surface area contributed by atoms with E-state index in [-0.39, 0.29) is 11.9 Å². The zero-order valence-electron chi connectivity index (χ0n) is 9.23. The fourth-order valence-corrected chi connectivity index (χ4v) is 1.89. The average Bonchev–Trinajstić information content (AvgIpc) is 2.70. The maximum absolute atomic E-state index is 8.84. The van der Waals surface area contributed by atoms with Crippen LogP contribution < -0.4 is 5.73 Å². The summed E-state index contributed by atoms with van der Waals surface area (Å²) in [5.74, 6) is 0.934. The minimum Gasteiger partial charge on any atom is -0.382 e. The van der Waals surface area contributed by atoms with Gasteiger partial charge in [0.1, 0.15) is 23.3 Å². The Morgan fingerprint density at radius 1 is 1.56 bits per heavy atom. The number of hydrogen-bond donors (Lipinski definition) is 1. The quantitative estimate of drug-likeness (QED) is 0.799. The zero-order valence-corrected chi connectivity index (χ0v) is 9.23. The molecule has 0 aliphatic carbocycles. The van der Waals surface area contributed by atoms with E-state index >= 15 is 0 Å². The third-order valence-electron chi connectivity index (χ3n) is 2.71. The fourth-order valence-electron chi connectivity index (χ4n) is 1.89. The summed E-state index contributed by atoms with van der Waals surface area (Å²) in [6, 6.07) is 2.00. The summed E-state index contributed by atoms with van der Waals surface area (Å²) in [4.78, 5) is 8.41. The monoisotopic (exact) mass is 218 g/mol. The number of anilines is 1. The molecule has 0 radical (unpaired) electrons. The summed E-state index contributed by atoms with van der Waals surface area (Å²) in [6.07, 6.45) is 3.01. The zero-order chi connectivity index (χ0) is 11.5. The molecule has 0 bridgehead atoms. The van der Waals surface area contributed by atoms with E-state index in [4.69, 9.17) is 15.7 Å². The van der Waals surface area contributed by atoms with Crippen LogP contribution in [0.4, 0.5) is 5.82 Å². The highest BCUT2D eigenvalue weighted by Crippen LogP contribution is 2.17. The van der Waals surface area contributed by atoms with Crippen LogP contribution in [-0.4, -0.2) is 22.7 Å². The Bertz CT molecular complexity index is 409. The van der Waals surface area contributed by atoms with Gasteiger partial charge in [0.15, 0.2) is 0 Å². The first-order chi connectivity index (χ1) is 7.70. The molecule has 1 unspecified atom stereocenters. The second-order valence-electron chi connectivity index (χ2n) is 3.94. The molecule has 1 aliphatic heterocycles. The topological polar surface area (TPSA) is 84.8 Å². The maximum atomic E-state index is 8.84. The lowest BCUT2D eigenvalue weighted by Crippen LogP contribution is -2.14. The third-order valence-corrected chi connectivity index (χ3v) is 2.71. The minimum absolute atomic E-state index is 0.201. The Hall–Kier alpha value is -1.67. The molecule has 1 aromatic rings. The molecule has 2 heterocycles.